The summed E-state index contributed by atoms with van der Waals surface area (Å²) in [6.07, 6.45) is 0. The summed E-state index contributed by atoms with van der Waals surface area (Å²) in [5.74, 6) is -0.747. The highest BCUT2D eigenvalue weighted by atomic mass is 32.2. The van der Waals surface area contributed by atoms with Crippen LogP contribution in [-0.2, 0) is 14.6 Å². The molecule has 0 bridgehead atoms. The molecular weight excluding hydrogens is 180 g/mol. The van der Waals surface area contributed by atoms with E-state index in [0.717, 1.165) is 0 Å². The van der Waals surface area contributed by atoms with Crippen molar-refractivity contribution in [3.05, 3.63) is 0 Å². The number of nitrogens with zero attached hydrogens (tertiary/aromatic N) is 1. The Balaban J connectivity index is 2.86. The summed E-state index contributed by atoms with van der Waals surface area (Å²) in [6, 6.07) is -0.351. The second kappa shape index (κ2) is 3.02. The van der Waals surface area contributed by atoms with Gasteiger partial charge in [-0.15, -0.1) is 0 Å². The molecule has 1 heterocycles. The summed E-state index contributed by atoms with van der Waals surface area (Å²) in [7, 11) is -1.62. The smallest absolute Gasteiger partial charge is 0.237 e. The Morgan fingerprint density at radius 2 is 2.25 bits per heavy atom. The maximum absolute atomic E-state index is 11.1. The van der Waals surface area contributed by atoms with E-state index >= 15 is 0 Å². The topological polar surface area (TPSA) is 80.5 Å². The summed E-state index contributed by atoms with van der Waals surface area (Å²) >= 11 is 0. The van der Waals surface area contributed by atoms with Crippen LogP contribution in [0.5, 0.6) is 0 Å². The Hall–Kier alpha value is -0.620. The summed E-state index contributed by atoms with van der Waals surface area (Å²) in [5, 5.41) is 0. The third-order valence-corrected chi connectivity index (χ3v) is 3.58. The number of likely N-dealkylation sites (N-methyl/N-ethyl adjacent to an activating group) is 1. The van der Waals surface area contributed by atoms with Gasteiger partial charge in [-0.05, 0) is 0 Å². The van der Waals surface area contributed by atoms with E-state index in [1.165, 1.54) is 4.90 Å². The molecule has 12 heavy (non-hydrogen) atoms. The lowest BCUT2D eigenvalue weighted by molar-refractivity contribution is -0.129. The minimum atomic E-state index is -3.20. The number of carbonyl (C=O) groups excluding carboxylic acids is 1. The van der Waals surface area contributed by atoms with Crippen molar-refractivity contribution in [2.24, 2.45) is 5.73 Å². The van der Waals surface area contributed by atoms with Crippen LogP contribution in [0.15, 0.2) is 0 Å². The molecule has 1 amide bonds. The monoisotopic (exact) mass is 192 g/mol. The Kier molecular flexibility index (Phi) is 2.39. The van der Waals surface area contributed by atoms with E-state index in [4.69, 9.17) is 5.73 Å². The van der Waals surface area contributed by atoms with Crippen molar-refractivity contribution in [3.63, 3.8) is 0 Å². The van der Waals surface area contributed by atoms with E-state index < -0.39 is 9.84 Å². The predicted molar refractivity (Wildman–Crippen MR) is 44.3 cm³/mol. The number of amides is 1. The standard InChI is InChI=1S/C6H12N2O3S/c1-8-5(2-7)3-12(10,11)4-6(8)9/h5H,2-4,7H2,1H3. The molecule has 0 radical (unpaired) electrons. The molecule has 0 aromatic carbocycles. The van der Waals surface area contributed by atoms with Gasteiger partial charge in [0.05, 0.1) is 11.8 Å². The summed E-state index contributed by atoms with van der Waals surface area (Å²) < 4.78 is 22.1. The lowest BCUT2D eigenvalue weighted by Crippen LogP contribution is -2.53. The Labute approximate surface area is 71.4 Å². The van der Waals surface area contributed by atoms with E-state index in [9.17, 15) is 13.2 Å². The molecule has 1 rings (SSSR count). The lowest BCUT2D eigenvalue weighted by Gasteiger charge is -2.31. The molecular formula is C6H12N2O3S. The van der Waals surface area contributed by atoms with Crippen molar-refractivity contribution < 1.29 is 13.2 Å². The van der Waals surface area contributed by atoms with Crippen LogP contribution in [0.2, 0.25) is 0 Å². The summed E-state index contributed by atoms with van der Waals surface area (Å²) in [5.41, 5.74) is 5.32. The van der Waals surface area contributed by atoms with Gasteiger partial charge in [-0.1, -0.05) is 0 Å². The zero-order valence-electron chi connectivity index (χ0n) is 6.86. The second-order valence-electron chi connectivity index (χ2n) is 2.95. The number of rotatable bonds is 1. The fourth-order valence-corrected chi connectivity index (χ4v) is 2.83. The minimum Gasteiger partial charge on any atom is -0.340 e. The van der Waals surface area contributed by atoms with Crippen LogP contribution in [0.25, 0.3) is 0 Å². The molecule has 0 saturated carbocycles. The Bertz CT molecular complexity index is 285. The van der Waals surface area contributed by atoms with Crippen molar-refractivity contribution in [2.45, 2.75) is 6.04 Å². The quantitative estimate of drug-likeness (QED) is 0.531. The molecule has 0 aromatic heterocycles. The van der Waals surface area contributed by atoms with Crippen molar-refractivity contribution in [2.75, 3.05) is 25.1 Å². The molecule has 1 saturated heterocycles. The van der Waals surface area contributed by atoms with E-state index in [1.54, 1.807) is 7.05 Å². The molecule has 1 unspecified atom stereocenters. The van der Waals surface area contributed by atoms with Crippen LogP contribution in [0.1, 0.15) is 0 Å². The number of sulfone groups is 1. The van der Waals surface area contributed by atoms with Crippen molar-refractivity contribution in [3.8, 4) is 0 Å². The van der Waals surface area contributed by atoms with E-state index in [0.29, 0.717) is 0 Å². The summed E-state index contributed by atoms with van der Waals surface area (Å²) in [6.45, 7) is 0.196. The first-order chi connectivity index (χ1) is 5.46. The van der Waals surface area contributed by atoms with Gasteiger partial charge in [0.2, 0.25) is 5.91 Å². The SMILES string of the molecule is CN1C(=O)CS(=O)(=O)CC1CN. The van der Waals surface area contributed by atoms with Gasteiger partial charge in [0, 0.05) is 13.6 Å². The van der Waals surface area contributed by atoms with Crippen LogP contribution < -0.4 is 5.73 Å². The van der Waals surface area contributed by atoms with Gasteiger partial charge in [-0.3, -0.25) is 4.79 Å². The third kappa shape index (κ3) is 1.75. The minimum absolute atomic E-state index is 0.00819. The first-order valence-electron chi connectivity index (χ1n) is 3.62. The van der Waals surface area contributed by atoms with Crippen LogP contribution >= 0.6 is 0 Å². The molecule has 1 aliphatic heterocycles. The van der Waals surface area contributed by atoms with Gasteiger partial charge in [-0.2, -0.15) is 0 Å². The molecule has 6 heteroatoms. The van der Waals surface area contributed by atoms with Gasteiger partial charge < -0.3 is 10.6 Å². The van der Waals surface area contributed by atoms with Gasteiger partial charge in [0.15, 0.2) is 9.84 Å². The van der Waals surface area contributed by atoms with Crippen molar-refractivity contribution in [1.82, 2.24) is 4.90 Å². The number of hydrogen-bond acceptors (Lipinski definition) is 4. The molecule has 1 fully saturated rings. The second-order valence-corrected chi connectivity index (χ2v) is 5.06. The van der Waals surface area contributed by atoms with Crippen LogP contribution in [0, 0.1) is 0 Å². The number of carbonyl (C=O) groups is 1. The maximum Gasteiger partial charge on any atom is 0.237 e. The molecule has 0 spiro atoms. The van der Waals surface area contributed by atoms with E-state index in [-0.39, 0.29) is 30.0 Å². The van der Waals surface area contributed by atoms with Gasteiger partial charge in [0.25, 0.3) is 0 Å². The maximum atomic E-state index is 11.1. The fourth-order valence-electron chi connectivity index (χ4n) is 1.18. The highest BCUT2D eigenvalue weighted by Crippen LogP contribution is 2.09. The Morgan fingerprint density at radius 1 is 1.67 bits per heavy atom. The van der Waals surface area contributed by atoms with Crippen LogP contribution in [0.4, 0.5) is 0 Å². The lowest BCUT2D eigenvalue weighted by atomic mass is 10.3. The fraction of sp³-hybridized carbons (Fsp3) is 0.833. The van der Waals surface area contributed by atoms with E-state index in [2.05, 4.69) is 0 Å². The number of hydrogen-bond donors (Lipinski definition) is 1. The van der Waals surface area contributed by atoms with Crippen LogP contribution in [-0.4, -0.2) is 50.4 Å². The first-order valence-corrected chi connectivity index (χ1v) is 5.44. The molecule has 5 nitrogen and oxygen atoms in total. The average Bonchev–Trinajstić information content (AvgIpc) is 1.96. The third-order valence-electron chi connectivity index (χ3n) is 2.00. The molecule has 0 aliphatic carbocycles. The van der Waals surface area contributed by atoms with Crippen LogP contribution in [0.3, 0.4) is 0 Å². The average molecular weight is 192 g/mol. The first kappa shape index (κ1) is 9.47. The predicted octanol–water partition coefficient (Wildman–Crippen LogP) is -1.80. The van der Waals surface area contributed by atoms with Gasteiger partial charge >= 0.3 is 0 Å². The van der Waals surface area contributed by atoms with Crippen molar-refractivity contribution >= 4 is 15.7 Å². The molecule has 1 aliphatic rings. The van der Waals surface area contributed by atoms with E-state index in [1.807, 2.05) is 0 Å². The zero-order chi connectivity index (χ0) is 9.35. The zero-order valence-corrected chi connectivity index (χ0v) is 7.67. The van der Waals surface area contributed by atoms with Gasteiger partial charge in [-0.25, -0.2) is 8.42 Å². The highest BCUT2D eigenvalue weighted by molar-refractivity contribution is 7.92. The molecule has 1 atom stereocenters. The normalized spacial score (nSPS) is 29.0. The highest BCUT2D eigenvalue weighted by Gasteiger charge is 2.33. The molecule has 2 N–H and O–H groups in total. The molecule has 70 valence electrons. The number of nitrogens with two attached hydrogens (primary N) is 1. The molecule has 0 aromatic rings. The van der Waals surface area contributed by atoms with Gasteiger partial charge in [0.1, 0.15) is 5.75 Å². The Morgan fingerprint density at radius 3 is 2.75 bits per heavy atom. The largest absolute Gasteiger partial charge is 0.340 e. The van der Waals surface area contributed by atoms with Crippen molar-refractivity contribution in [1.29, 1.82) is 0 Å². The summed E-state index contributed by atoms with van der Waals surface area (Å²) in [4.78, 5) is 12.5.